The van der Waals surface area contributed by atoms with Crippen molar-refractivity contribution in [3.63, 3.8) is 0 Å². The standard InChI is InChI=1S/C13H13NO3/c1-3-10-4-9(7-14)5-11(8-15)12(10)6-13(16)17-2/h4-5,8H,3,6H2,1-2H3. The molecule has 0 bridgehead atoms. The largest absolute Gasteiger partial charge is 0.469 e. The van der Waals surface area contributed by atoms with Crippen molar-refractivity contribution in [3.8, 4) is 6.07 Å². The Kier molecular flexibility index (Phi) is 4.41. The van der Waals surface area contributed by atoms with E-state index >= 15 is 0 Å². The molecule has 0 aliphatic rings. The molecule has 0 aromatic heterocycles. The van der Waals surface area contributed by atoms with Crippen LogP contribution >= 0.6 is 0 Å². The summed E-state index contributed by atoms with van der Waals surface area (Å²) in [5.41, 5.74) is 2.29. The van der Waals surface area contributed by atoms with Gasteiger partial charge < -0.3 is 4.74 Å². The first-order chi connectivity index (χ1) is 8.15. The van der Waals surface area contributed by atoms with Gasteiger partial charge in [-0.3, -0.25) is 9.59 Å². The maximum atomic E-state index is 11.3. The van der Waals surface area contributed by atoms with Crippen LogP contribution < -0.4 is 0 Å². The molecule has 0 atom stereocenters. The number of esters is 1. The van der Waals surface area contributed by atoms with Gasteiger partial charge in [0, 0.05) is 5.56 Å². The summed E-state index contributed by atoms with van der Waals surface area (Å²) in [6.07, 6.45) is 1.38. The Morgan fingerprint density at radius 1 is 1.53 bits per heavy atom. The number of ether oxygens (including phenoxy) is 1. The van der Waals surface area contributed by atoms with Crippen LogP contribution in [0.3, 0.4) is 0 Å². The molecule has 1 rings (SSSR count). The maximum absolute atomic E-state index is 11.3. The number of aldehydes is 1. The number of carbonyl (C=O) groups excluding carboxylic acids is 2. The molecule has 0 amide bonds. The van der Waals surface area contributed by atoms with E-state index in [0.29, 0.717) is 29.4 Å². The van der Waals surface area contributed by atoms with E-state index in [1.54, 1.807) is 6.07 Å². The lowest BCUT2D eigenvalue weighted by atomic mass is 9.94. The van der Waals surface area contributed by atoms with Gasteiger partial charge >= 0.3 is 5.97 Å². The quantitative estimate of drug-likeness (QED) is 0.583. The van der Waals surface area contributed by atoms with Gasteiger partial charge in [0.05, 0.1) is 25.2 Å². The molecule has 4 nitrogen and oxygen atoms in total. The number of benzene rings is 1. The van der Waals surface area contributed by atoms with E-state index in [1.165, 1.54) is 13.2 Å². The molecular formula is C13H13NO3. The third kappa shape index (κ3) is 2.91. The predicted octanol–water partition coefficient (Wildman–Crippen LogP) is 1.65. The van der Waals surface area contributed by atoms with Gasteiger partial charge in [-0.1, -0.05) is 6.92 Å². The minimum Gasteiger partial charge on any atom is -0.469 e. The highest BCUT2D eigenvalue weighted by Gasteiger charge is 2.13. The van der Waals surface area contributed by atoms with Crippen molar-refractivity contribution in [2.75, 3.05) is 7.11 Å². The lowest BCUT2D eigenvalue weighted by Crippen LogP contribution is -2.10. The number of hydrogen-bond acceptors (Lipinski definition) is 4. The zero-order chi connectivity index (χ0) is 12.8. The Morgan fingerprint density at radius 2 is 2.24 bits per heavy atom. The molecule has 17 heavy (non-hydrogen) atoms. The molecule has 0 fully saturated rings. The highest BCUT2D eigenvalue weighted by molar-refractivity contribution is 5.83. The van der Waals surface area contributed by atoms with E-state index in [4.69, 9.17) is 5.26 Å². The summed E-state index contributed by atoms with van der Waals surface area (Å²) in [4.78, 5) is 22.2. The summed E-state index contributed by atoms with van der Waals surface area (Å²) < 4.78 is 4.59. The highest BCUT2D eigenvalue weighted by Crippen LogP contribution is 2.18. The second kappa shape index (κ2) is 5.80. The van der Waals surface area contributed by atoms with E-state index in [1.807, 2.05) is 13.0 Å². The lowest BCUT2D eigenvalue weighted by molar-refractivity contribution is -0.139. The Bertz CT molecular complexity index is 486. The van der Waals surface area contributed by atoms with Crippen molar-refractivity contribution in [2.24, 2.45) is 0 Å². The molecule has 0 unspecified atom stereocenters. The van der Waals surface area contributed by atoms with Crippen molar-refractivity contribution in [1.29, 1.82) is 5.26 Å². The first-order valence-electron chi connectivity index (χ1n) is 5.24. The van der Waals surface area contributed by atoms with Crippen LogP contribution in [0.2, 0.25) is 0 Å². The molecule has 0 aliphatic heterocycles. The van der Waals surface area contributed by atoms with E-state index in [2.05, 4.69) is 4.74 Å². The van der Waals surface area contributed by atoms with Crippen LogP contribution in [0, 0.1) is 11.3 Å². The van der Waals surface area contributed by atoms with Gasteiger partial charge in [0.15, 0.2) is 0 Å². The van der Waals surface area contributed by atoms with Crippen LogP contribution in [0.4, 0.5) is 0 Å². The molecule has 88 valence electrons. The van der Waals surface area contributed by atoms with E-state index in [9.17, 15) is 9.59 Å². The van der Waals surface area contributed by atoms with Gasteiger partial charge in [-0.25, -0.2) is 0 Å². The monoisotopic (exact) mass is 231 g/mol. The molecule has 4 heteroatoms. The van der Waals surface area contributed by atoms with E-state index in [-0.39, 0.29) is 6.42 Å². The third-order valence-corrected chi connectivity index (χ3v) is 2.56. The number of rotatable bonds is 4. The Labute approximate surface area is 99.8 Å². The van der Waals surface area contributed by atoms with Crippen molar-refractivity contribution < 1.29 is 14.3 Å². The zero-order valence-corrected chi connectivity index (χ0v) is 9.82. The summed E-state index contributed by atoms with van der Waals surface area (Å²) in [5.74, 6) is -0.396. The number of nitrogens with zero attached hydrogens (tertiary/aromatic N) is 1. The maximum Gasteiger partial charge on any atom is 0.310 e. The summed E-state index contributed by atoms with van der Waals surface area (Å²) in [6, 6.07) is 5.19. The molecule has 1 aromatic rings. The Hall–Kier alpha value is -2.15. The van der Waals surface area contributed by atoms with Gasteiger partial charge in [0.25, 0.3) is 0 Å². The summed E-state index contributed by atoms with van der Waals surface area (Å²) in [5, 5.41) is 8.84. The molecule has 0 saturated heterocycles. The minimum atomic E-state index is -0.396. The fraction of sp³-hybridized carbons (Fsp3) is 0.308. The van der Waals surface area contributed by atoms with Crippen LogP contribution in [-0.2, 0) is 22.4 Å². The number of carbonyl (C=O) groups is 2. The second-order valence-electron chi connectivity index (χ2n) is 3.54. The molecule has 0 spiro atoms. The lowest BCUT2D eigenvalue weighted by Gasteiger charge is -2.10. The minimum absolute atomic E-state index is 0.0550. The van der Waals surface area contributed by atoms with E-state index < -0.39 is 5.97 Å². The number of hydrogen-bond donors (Lipinski definition) is 0. The SMILES string of the molecule is CCc1cc(C#N)cc(C=O)c1CC(=O)OC. The average molecular weight is 231 g/mol. The summed E-state index contributed by atoms with van der Waals surface area (Å²) >= 11 is 0. The molecule has 0 radical (unpaired) electrons. The topological polar surface area (TPSA) is 67.2 Å². The molecule has 0 N–H and O–H groups in total. The average Bonchev–Trinajstić information content (AvgIpc) is 2.38. The molecule has 0 heterocycles. The molecular weight excluding hydrogens is 218 g/mol. The van der Waals surface area contributed by atoms with Crippen LogP contribution in [-0.4, -0.2) is 19.4 Å². The number of aryl methyl sites for hydroxylation is 1. The first kappa shape index (κ1) is 12.9. The third-order valence-electron chi connectivity index (χ3n) is 2.56. The number of methoxy groups -OCH3 is 1. The molecule has 0 saturated carbocycles. The smallest absolute Gasteiger partial charge is 0.310 e. The first-order valence-corrected chi connectivity index (χ1v) is 5.24. The van der Waals surface area contributed by atoms with Crippen LogP contribution in [0.1, 0.15) is 34.0 Å². The van der Waals surface area contributed by atoms with Crippen molar-refractivity contribution in [3.05, 3.63) is 34.4 Å². The fourth-order valence-electron chi connectivity index (χ4n) is 1.67. The van der Waals surface area contributed by atoms with Crippen LogP contribution in [0.15, 0.2) is 12.1 Å². The zero-order valence-electron chi connectivity index (χ0n) is 9.82. The van der Waals surface area contributed by atoms with E-state index in [0.717, 1.165) is 5.56 Å². The molecule has 0 aliphatic carbocycles. The molecule has 1 aromatic carbocycles. The summed E-state index contributed by atoms with van der Waals surface area (Å²) in [6.45, 7) is 1.91. The summed E-state index contributed by atoms with van der Waals surface area (Å²) in [7, 11) is 1.30. The van der Waals surface area contributed by atoms with Gasteiger partial charge in [0.1, 0.15) is 6.29 Å². The second-order valence-corrected chi connectivity index (χ2v) is 3.54. The fourth-order valence-corrected chi connectivity index (χ4v) is 1.67. The Balaban J connectivity index is 3.30. The Morgan fingerprint density at radius 3 is 2.71 bits per heavy atom. The van der Waals surface area contributed by atoms with Crippen molar-refractivity contribution in [2.45, 2.75) is 19.8 Å². The van der Waals surface area contributed by atoms with Crippen molar-refractivity contribution in [1.82, 2.24) is 0 Å². The normalized spacial score (nSPS) is 9.47. The van der Waals surface area contributed by atoms with Gasteiger partial charge in [-0.2, -0.15) is 5.26 Å². The van der Waals surface area contributed by atoms with Crippen LogP contribution in [0.25, 0.3) is 0 Å². The van der Waals surface area contributed by atoms with Gasteiger partial charge in [-0.05, 0) is 29.7 Å². The van der Waals surface area contributed by atoms with Gasteiger partial charge in [-0.15, -0.1) is 0 Å². The highest BCUT2D eigenvalue weighted by atomic mass is 16.5. The van der Waals surface area contributed by atoms with Gasteiger partial charge in [0.2, 0.25) is 0 Å². The number of nitriles is 1. The van der Waals surface area contributed by atoms with Crippen LogP contribution in [0.5, 0.6) is 0 Å². The predicted molar refractivity (Wildman–Crippen MR) is 61.6 cm³/mol. The van der Waals surface area contributed by atoms with Crippen molar-refractivity contribution >= 4 is 12.3 Å².